The number of aryl methyl sites for hydroxylation is 1. The van der Waals surface area contributed by atoms with Crippen LogP contribution < -0.4 is 0 Å². The second-order valence-corrected chi connectivity index (χ2v) is 3.67. The number of carbonyl (C=O) groups excluding carboxylic acids is 1. The lowest BCUT2D eigenvalue weighted by Crippen LogP contribution is -2.22. The van der Waals surface area contributed by atoms with Gasteiger partial charge in [-0.25, -0.2) is 4.39 Å². The van der Waals surface area contributed by atoms with E-state index in [9.17, 15) is 14.0 Å². The Kier molecular flexibility index (Phi) is 4.17. The number of rotatable bonds is 5. The molecule has 0 aliphatic rings. The lowest BCUT2D eigenvalue weighted by atomic mass is 9.96. The van der Waals surface area contributed by atoms with Gasteiger partial charge in [-0.2, -0.15) is 0 Å². The number of halogens is 1. The predicted molar refractivity (Wildman–Crippen MR) is 56.5 cm³/mol. The van der Waals surface area contributed by atoms with Crippen LogP contribution in [0.25, 0.3) is 0 Å². The van der Waals surface area contributed by atoms with Gasteiger partial charge in [-0.1, -0.05) is 12.1 Å². The molecule has 0 saturated heterocycles. The lowest BCUT2D eigenvalue weighted by Gasteiger charge is -2.08. The minimum Gasteiger partial charge on any atom is -0.481 e. The van der Waals surface area contributed by atoms with E-state index in [4.69, 9.17) is 5.11 Å². The van der Waals surface area contributed by atoms with Gasteiger partial charge < -0.3 is 5.11 Å². The highest BCUT2D eigenvalue weighted by Gasteiger charge is 2.21. The second kappa shape index (κ2) is 5.39. The SMILES string of the molecule is CC(=O)C(CCc1ccc(F)cc1)C(=O)O. The van der Waals surface area contributed by atoms with Gasteiger partial charge in [0.15, 0.2) is 0 Å². The molecule has 3 nitrogen and oxygen atoms in total. The summed E-state index contributed by atoms with van der Waals surface area (Å²) in [6.07, 6.45) is 0.702. The van der Waals surface area contributed by atoms with E-state index < -0.39 is 11.9 Å². The number of carboxylic acids is 1. The Bertz CT molecular complexity index is 370. The summed E-state index contributed by atoms with van der Waals surface area (Å²) in [5.74, 6) is -2.75. The number of hydrogen-bond acceptors (Lipinski definition) is 2. The molecule has 1 aromatic carbocycles. The Labute approximate surface area is 92.9 Å². The van der Waals surface area contributed by atoms with Crippen molar-refractivity contribution in [1.29, 1.82) is 0 Å². The first-order valence-corrected chi connectivity index (χ1v) is 4.98. The molecular weight excluding hydrogens is 211 g/mol. The summed E-state index contributed by atoms with van der Waals surface area (Å²) < 4.78 is 12.6. The van der Waals surface area contributed by atoms with Gasteiger partial charge in [-0.05, 0) is 37.5 Å². The normalized spacial score (nSPS) is 12.1. The predicted octanol–water partition coefficient (Wildman–Crippen LogP) is 2.05. The molecular formula is C12H13FO3. The van der Waals surface area contributed by atoms with Crippen LogP contribution in [0.1, 0.15) is 18.9 Å². The summed E-state index contributed by atoms with van der Waals surface area (Å²) >= 11 is 0. The third kappa shape index (κ3) is 3.46. The molecule has 16 heavy (non-hydrogen) atoms. The number of benzene rings is 1. The largest absolute Gasteiger partial charge is 0.481 e. The van der Waals surface area contributed by atoms with E-state index in [-0.39, 0.29) is 18.0 Å². The first-order chi connectivity index (χ1) is 7.50. The summed E-state index contributed by atoms with van der Waals surface area (Å²) in [7, 11) is 0. The van der Waals surface area contributed by atoms with Crippen molar-refractivity contribution in [3.63, 3.8) is 0 Å². The molecule has 0 spiro atoms. The van der Waals surface area contributed by atoms with Gasteiger partial charge >= 0.3 is 5.97 Å². The summed E-state index contributed by atoms with van der Waals surface area (Å²) in [6, 6.07) is 5.82. The first-order valence-electron chi connectivity index (χ1n) is 4.98. The molecule has 4 heteroatoms. The number of hydrogen-bond donors (Lipinski definition) is 1. The molecule has 0 heterocycles. The summed E-state index contributed by atoms with van der Waals surface area (Å²) in [5, 5.41) is 8.78. The van der Waals surface area contributed by atoms with Crippen molar-refractivity contribution in [1.82, 2.24) is 0 Å². The monoisotopic (exact) mass is 224 g/mol. The standard InChI is InChI=1S/C12H13FO3/c1-8(14)11(12(15)16)7-4-9-2-5-10(13)6-3-9/h2-3,5-6,11H,4,7H2,1H3,(H,15,16). The summed E-state index contributed by atoms with van der Waals surface area (Å²) in [5.41, 5.74) is 0.828. The third-order valence-electron chi connectivity index (χ3n) is 2.42. The van der Waals surface area contributed by atoms with Gasteiger partial charge in [0, 0.05) is 0 Å². The maximum atomic E-state index is 12.6. The average Bonchev–Trinajstić information content (AvgIpc) is 2.20. The van der Waals surface area contributed by atoms with Crippen molar-refractivity contribution in [2.45, 2.75) is 19.8 Å². The molecule has 0 radical (unpaired) electrons. The van der Waals surface area contributed by atoms with Crippen LogP contribution >= 0.6 is 0 Å². The highest BCUT2D eigenvalue weighted by atomic mass is 19.1. The van der Waals surface area contributed by atoms with Gasteiger partial charge in [0.25, 0.3) is 0 Å². The van der Waals surface area contributed by atoms with E-state index in [0.717, 1.165) is 5.56 Å². The Morgan fingerprint density at radius 3 is 2.31 bits per heavy atom. The third-order valence-corrected chi connectivity index (χ3v) is 2.42. The van der Waals surface area contributed by atoms with Gasteiger partial charge in [0.2, 0.25) is 0 Å². The fourth-order valence-corrected chi connectivity index (χ4v) is 1.46. The topological polar surface area (TPSA) is 54.4 Å². The molecule has 0 aromatic heterocycles. The quantitative estimate of drug-likeness (QED) is 0.779. The van der Waals surface area contributed by atoms with Crippen molar-refractivity contribution < 1.29 is 19.1 Å². The van der Waals surface area contributed by atoms with Gasteiger partial charge in [-0.3, -0.25) is 9.59 Å². The molecule has 0 saturated carbocycles. The van der Waals surface area contributed by atoms with Crippen molar-refractivity contribution in [2.24, 2.45) is 5.92 Å². The van der Waals surface area contributed by atoms with E-state index in [1.807, 2.05) is 0 Å². The Hall–Kier alpha value is -1.71. The van der Waals surface area contributed by atoms with E-state index >= 15 is 0 Å². The van der Waals surface area contributed by atoms with Crippen molar-refractivity contribution in [2.75, 3.05) is 0 Å². The van der Waals surface area contributed by atoms with Crippen LogP contribution in [-0.4, -0.2) is 16.9 Å². The molecule has 1 aromatic rings. The highest BCUT2D eigenvalue weighted by molar-refractivity contribution is 5.96. The zero-order valence-electron chi connectivity index (χ0n) is 8.94. The number of Topliss-reactive ketones (excluding diaryl/α,β-unsaturated/α-hetero) is 1. The number of carboxylic acid groups (broad SMARTS) is 1. The van der Waals surface area contributed by atoms with Crippen LogP contribution in [0.5, 0.6) is 0 Å². The molecule has 0 aliphatic carbocycles. The molecule has 86 valence electrons. The minimum absolute atomic E-state index is 0.246. The van der Waals surface area contributed by atoms with E-state index in [0.29, 0.717) is 6.42 Å². The van der Waals surface area contributed by atoms with E-state index in [1.165, 1.54) is 19.1 Å². The van der Waals surface area contributed by atoms with Gasteiger partial charge in [0.05, 0.1) is 0 Å². The average molecular weight is 224 g/mol. The summed E-state index contributed by atoms with van der Waals surface area (Å²) in [4.78, 5) is 21.8. The molecule has 1 unspecified atom stereocenters. The number of carbonyl (C=O) groups is 2. The van der Waals surface area contributed by atoms with Crippen LogP contribution in [0.4, 0.5) is 4.39 Å². The second-order valence-electron chi connectivity index (χ2n) is 3.67. The molecule has 0 amide bonds. The molecule has 0 bridgehead atoms. The molecule has 0 fully saturated rings. The number of aliphatic carboxylic acids is 1. The van der Waals surface area contributed by atoms with Crippen LogP contribution in [0.15, 0.2) is 24.3 Å². The number of ketones is 1. The van der Waals surface area contributed by atoms with Crippen molar-refractivity contribution in [3.8, 4) is 0 Å². The van der Waals surface area contributed by atoms with Crippen LogP contribution in [0, 0.1) is 11.7 Å². The Morgan fingerprint density at radius 1 is 1.31 bits per heavy atom. The van der Waals surface area contributed by atoms with Gasteiger partial charge in [0.1, 0.15) is 17.5 Å². The van der Waals surface area contributed by atoms with Crippen LogP contribution in [-0.2, 0) is 16.0 Å². The Balaban J connectivity index is 2.59. The minimum atomic E-state index is -1.10. The highest BCUT2D eigenvalue weighted by Crippen LogP contribution is 2.12. The first kappa shape index (κ1) is 12.4. The fraction of sp³-hybridized carbons (Fsp3) is 0.333. The van der Waals surface area contributed by atoms with Crippen molar-refractivity contribution >= 4 is 11.8 Å². The molecule has 1 atom stereocenters. The maximum Gasteiger partial charge on any atom is 0.314 e. The van der Waals surface area contributed by atoms with E-state index in [1.54, 1.807) is 12.1 Å². The van der Waals surface area contributed by atoms with Crippen LogP contribution in [0.3, 0.4) is 0 Å². The van der Waals surface area contributed by atoms with E-state index in [2.05, 4.69) is 0 Å². The molecule has 1 N–H and O–H groups in total. The van der Waals surface area contributed by atoms with Crippen molar-refractivity contribution in [3.05, 3.63) is 35.6 Å². The molecule has 1 rings (SSSR count). The zero-order chi connectivity index (χ0) is 12.1. The van der Waals surface area contributed by atoms with Crippen LogP contribution in [0.2, 0.25) is 0 Å². The van der Waals surface area contributed by atoms with Gasteiger partial charge in [-0.15, -0.1) is 0 Å². The smallest absolute Gasteiger partial charge is 0.314 e. The maximum absolute atomic E-state index is 12.6. The lowest BCUT2D eigenvalue weighted by molar-refractivity contribution is -0.145. The molecule has 0 aliphatic heterocycles. The fourth-order valence-electron chi connectivity index (χ4n) is 1.46. The summed E-state index contributed by atoms with van der Waals surface area (Å²) in [6.45, 7) is 1.27. The Morgan fingerprint density at radius 2 is 1.88 bits per heavy atom. The zero-order valence-corrected chi connectivity index (χ0v) is 8.94.